The number of anilines is 1. The SMILES string of the molecule is CC(C)CNC(=O)CN(C)c1ccc(F)cc1C(N)=S. The van der Waals surface area contributed by atoms with Gasteiger partial charge in [-0.3, -0.25) is 4.79 Å². The lowest BCUT2D eigenvalue weighted by atomic mass is 10.1. The van der Waals surface area contributed by atoms with E-state index in [4.69, 9.17) is 18.0 Å². The maximum Gasteiger partial charge on any atom is 0.239 e. The molecule has 0 heterocycles. The second-order valence-electron chi connectivity index (χ2n) is 5.08. The smallest absolute Gasteiger partial charge is 0.239 e. The molecule has 20 heavy (non-hydrogen) atoms. The zero-order chi connectivity index (χ0) is 15.3. The molecule has 1 amide bonds. The summed E-state index contributed by atoms with van der Waals surface area (Å²) in [5.74, 6) is -0.115. The minimum atomic E-state index is -0.408. The van der Waals surface area contributed by atoms with Crippen molar-refractivity contribution < 1.29 is 9.18 Å². The number of nitrogens with two attached hydrogens (primary N) is 1. The van der Waals surface area contributed by atoms with Crippen LogP contribution in [-0.4, -0.2) is 31.0 Å². The summed E-state index contributed by atoms with van der Waals surface area (Å²) in [5.41, 5.74) is 6.66. The Morgan fingerprint density at radius 2 is 2.15 bits per heavy atom. The molecule has 0 atom stereocenters. The number of hydrogen-bond acceptors (Lipinski definition) is 3. The largest absolute Gasteiger partial charge is 0.389 e. The molecule has 110 valence electrons. The average Bonchev–Trinajstić information content (AvgIpc) is 2.35. The zero-order valence-corrected chi connectivity index (χ0v) is 12.8. The quantitative estimate of drug-likeness (QED) is 0.784. The maximum atomic E-state index is 13.2. The van der Waals surface area contributed by atoms with Crippen molar-refractivity contribution in [2.75, 3.05) is 25.0 Å². The lowest BCUT2D eigenvalue weighted by molar-refractivity contribution is -0.119. The van der Waals surface area contributed by atoms with Crippen LogP contribution in [0, 0.1) is 11.7 Å². The Bertz CT molecular complexity index is 505. The van der Waals surface area contributed by atoms with Gasteiger partial charge in [0.05, 0.1) is 6.54 Å². The van der Waals surface area contributed by atoms with Gasteiger partial charge in [-0.25, -0.2) is 4.39 Å². The molecule has 1 aromatic carbocycles. The summed E-state index contributed by atoms with van der Waals surface area (Å²) in [7, 11) is 1.74. The molecule has 1 rings (SSSR count). The Morgan fingerprint density at radius 3 is 2.70 bits per heavy atom. The number of halogens is 1. The van der Waals surface area contributed by atoms with Crippen LogP contribution >= 0.6 is 12.2 Å². The molecule has 0 aliphatic carbocycles. The minimum Gasteiger partial charge on any atom is -0.389 e. The number of benzene rings is 1. The molecule has 0 radical (unpaired) electrons. The summed E-state index contributed by atoms with van der Waals surface area (Å²) in [6.45, 7) is 4.83. The second kappa shape index (κ2) is 7.19. The van der Waals surface area contributed by atoms with Crippen LogP contribution in [0.5, 0.6) is 0 Å². The van der Waals surface area contributed by atoms with Crippen molar-refractivity contribution in [3.63, 3.8) is 0 Å². The van der Waals surface area contributed by atoms with Crippen LogP contribution in [0.15, 0.2) is 18.2 Å². The Balaban J connectivity index is 2.79. The lowest BCUT2D eigenvalue weighted by Crippen LogP contribution is -2.37. The molecule has 1 aromatic rings. The van der Waals surface area contributed by atoms with Gasteiger partial charge in [0.15, 0.2) is 0 Å². The van der Waals surface area contributed by atoms with Crippen LogP contribution in [0.25, 0.3) is 0 Å². The molecule has 0 saturated carbocycles. The number of nitrogens with zero attached hydrogens (tertiary/aromatic N) is 1. The fourth-order valence-corrected chi connectivity index (χ4v) is 1.88. The molecular weight excluding hydrogens is 277 g/mol. The summed E-state index contributed by atoms with van der Waals surface area (Å²) < 4.78 is 13.2. The number of carbonyl (C=O) groups is 1. The highest BCUT2D eigenvalue weighted by Crippen LogP contribution is 2.20. The van der Waals surface area contributed by atoms with E-state index in [0.717, 1.165) is 0 Å². The van der Waals surface area contributed by atoms with Crippen molar-refractivity contribution in [3.05, 3.63) is 29.6 Å². The molecular formula is C14H20FN3OS. The Labute approximate surface area is 124 Å². The highest BCUT2D eigenvalue weighted by atomic mass is 32.1. The van der Waals surface area contributed by atoms with E-state index in [2.05, 4.69) is 5.32 Å². The van der Waals surface area contributed by atoms with Gasteiger partial charge in [-0.2, -0.15) is 0 Å². The third kappa shape index (κ3) is 4.77. The van der Waals surface area contributed by atoms with Crippen LogP contribution in [-0.2, 0) is 4.79 Å². The molecule has 0 unspecified atom stereocenters. The van der Waals surface area contributed by atoms with E-state index < -0.39 is 5.82 Å². The van der Waals surface area contributed by atoms with Crippen LogP contribution in [0.2, 0.25) is 0 Å². The molecule has 4 nitrogen and oxygen atoms in total. The zero-order valence-electron chi connectivity index (χ0n) is 11.9. The van der Waals surface area contributed by atoms with Gasteiger partial charge in [-0.1, -0.05) is 26.1 Å². The molecule has 0 spiro atoms. The van der Waals surface area contributed by atoms with Gasteiger partial charge >= 0.3 is 0 Å². The molecule has 0 saturated heterocycles. The van der Waals surface area contributed by atoms with E-state index in [9.17, 15) is 9.18 Å². The van der Waals surface area contributed by atoms with E-state index >= 15 is 0 Å². The fraction of sp³-hybridized carbons (Fsp3) is 0.429. The first-order chi connectivity index (χ1) is 9.31. The van der Waals surface area contributed by atoms with Gasteiger partial charge in [0.2, 0.25) is 5.91 Å². The third-order valence-corrected chi connectivity index (χ3v) is 2.94. The van der Waals surface area contributed by atoms with E-state index in [1.165, 1.54) is 12.1 Å². The number of nitrogens with one attached hydrogen (secondary N) is 1. The van der Waals surface area contributed by atoms with Crippen LogP contribution in [0.4, 0.5) is 10.1 Å². The van der Waals surface area contributed by atoms with Gasteiger partial charge < -0.3 is 16.0 Å². The van der Waals surface area contributed by atoms with Gasteiger partial charge in [0.1, 0.15) is 10.8 Å². The van der Waals surface area contributed by atoms with Crippen molar-refractivity contribution in [1.82, 2.24) is 5.32 Å². The molecule has 0 aliphatic heterocycles. The third-order valence-electron chi connectivity index (χ3n) is 2.72. The fourth-order valence-electron chi connectivity index (χ4n) is 1.71. The Kier molecular flexibility index (Phi) is 5.88. The van der Waals surface area contributed by atoms with Gasteiger partial charge in [0.25, 0.3) is 0 Å². The lowest BCUT2D eigenvalue weighted by Gasteiger charge is -2.22. The average molecular weight is 297 g/mol. The standard InChI is InChI=1S/C14H20FN3OS/c1-9(2)7-17-13(19)8-18(3)12-5-4-10(15)6-11(12)14(16)20/h4-6,9H,7-8H2,1-3H3,(H2,16,20)(H,17,19). The molecule has 3 N–H and O–H groups in total. The minimum absolute atomic E-state index is 0.0978. The second-order valence-corrected chi connectivity index (χ2v) is 5.52. The highest BCUT2D eigenvalue weighted by molar-refractivity contribution is 7.80. The Morgan fingerprint density at radius 1 is 1.50 bits per heavy atom. The molecule has 0 fully saturated rings. The van der Waals surface area contributed by atoms with Gasteiger partial charge in [-0.05, 0) is 24.1 Å². The summed E-state index contributed by atoms with van der Waals surface area (Å²) >= 11 is 4.91. The van der Waals surface area contributed by atoms with Crippen molar-refractivity contribution in [3.8, 4) is 0 Å². The highest BCUT2D eigenvalue weighted by Gasteiger charge is 2.13. The van der Waals surface area contributed by atoms with Crippen molar-refractivity contribution >= 4 is 28.8 Å². The predicted octanol–water partition coefficient (Wildman–Crippen LogP) is 1.67. The van der Waals surface area contributed by atoms with E-state index in [1.807, 2.05) is 13.8 Å². The van der Waals surface area contributed by atoms with Crippen LogP contribution in [0.1, 0.15) is 19.4 Å². The Hall–Kier alpha value is -1.69. The van der Waals surface area contributed by atoms with Crippen molar-refractivity contribution in [1.29, 1.82) is 0 Å². The first kappa shape index (κ1) is 16.4. The van der Waals surface area contributed by atoms with E-state index in [-0.39, 0.29) is 17.4 Å². The number of thiocarbonyl (C=S) groups is 1. The summed E-state index contributed by atoms with van der Waals surface area (Å²) in [6.07, 6.45) is 0. The van der Waals surface area contributed by atoms with Crippen molar-refractivity contribution in [2.24, 2.45) is 11.7 Å². The number of amides is 1. The van der Waals surface area contributed by atoms with Gasteiger partial charge in [-0.15, -0.1) is 0 Å². The first-order valence-electron chi connectivity index (χ1n) is 6.38. The summed E-state index contributed by atoms with van der Waals surface area (Å²) in [4.78, 5) is 13.6. The maximum absolute atomic E-state index is 13.2. The first-order valence-corrected chi connectivity index (χ1v) is 6.79. The van der Waals surface area contributed by atoms with E-state index in [1.54, 1.807) is 18.0 Å². The summed E-state index contributed by atoms with van der Waals surface area (Å²) in [6, 6.07) is 4.17. The van der Waals surface area contributed by atoms with Crippen LogP contribution in [0.3, 0.4) is 0 Å². The number of likely N-dealkylation sites (N-methyl/N-ethyl adjacent to an activating group) is 1. The number of rotatable bonds is 6. The van der Waals surface area contributed by atoms with Crippen molar-refractivity contribution in [2.45, 2.75) is 13.8 Å². The molecule has 0 aliphatic rings. The summed E-state index contributed by atoms with van der Waals surface area (Å²) in [5, 5.41) is 2.82. The van der Waals surface area contributed by atoms with Gasteiger partial charge in [0, 0.05) is 24.8 Å². The monoisotopic (exact) mass is 297 g/mol. The predicted molar refractivity (Wildman–Crippen MR) is 83.4 cm³/mol. The number of hydrogen-bond donors (Lipinski definition) is 2. The van der Waals surface area contributed by atoms with Crippen LogP contribution < -0.4 is 16.0 Å². The van der Waals surface area contributed by atoms with E-state index in [0.29, 0.717) is 23.7 Å². The topological polar surface area (TPSA) is 58.4 Å². The normalized spacial score (nSPS) is 10.4. The molecule has 0 bridgehead atoms. The number of carbonyl (C=O) groups excluding carboxylic acids is 1. The molecule has 0 aromatic heterocycles. The molecule has 6 heteroatoms.